The van der Waals surface area contributed by atoms with Crippen molar-refractivity contribution in [1.29, 1.82) is 0 Å². The van der Waals surface area contributed by atoms with Crippen molar-refractivity contribution >= 4 is 0 Å². The number of aromatic nitrogens is 2. The second-order valence-electron chi connectivity index (χ2n) is 7.19. The van der Waals surface area contributed by atoms with Gasteiger partial charge in [-0.05, 0) is 23.8 Å². The Bertz CT molecular complexity index is 688. The molecule has 2 unspecified atom stereocenters. The summed E-state index contributed by atoms with van der Waals surface area (Å²) < 4.78 is 2.18. The summed E-state index contributed by atoms with van der Waals surface area (Å²) in [7, 11) is 0. The van der Waals surface area contributed by atoms with Gasteiger partial charge in [-0.25, -0.2) is 4.98 Å². The summed E-state index contributed by atoms with van der Waals surface area (Å²) in [5.41, 5.74) is 2.79. The predicted octanol–water partition coefficient (Wildman–Crippen LogP) is 3.78. The molecule has 3 heteroatoms. The van der Waals surface area contributed by atoms with E-state index in [-0.39, 0.29) is 11.5 Å². The van der Waals surface area contributed by atoms with Crippen LogP contribution in [0.2, 0.25) is 0 Å². The fraction of sp³-hybridized carbons (Fsp3) is 0.500. The van der Waals surface area contributed by atoms with Crippen LogP contribution in [-0.2, 0) is 0 Å². The Kier molecular flexibility index (Phi) is 2.62. The highest BCUT2D eigenvalue weighted by molar-refractivity contribution is 5.69. The highest BCUT2D eigenvalue weighted by Gasteiger charge is 2.54. The molecule has 2 heterocycles. The molecule has 1 aromatic heterocycles. The van der Waals surface area contributed by atoms with Crippen LogP contribution in [0.15, 0.2) is 36.8 Å². The van der Waals surface area contributed by atoms with Crippen LogP contribution >= 0.6 is 0 Å². The molecule has 2 atom stereocenters. The summed E-state index contributed by atoms with van der Waals surface area (Å²) in [5.74, 6) is 0. The van der Waals surface area contributed by atoms with Gasteiger partial charge in [0.25, 0.3) is 0 Å². The van der Waals surface area contributed by atoms with Crippen molar-refractivity contribution in [1.82, 2.24) is 9.55 Å². The average molecular weight is 282 g/mol. The topological polar surface area (TPSA) is 38.1 Å². The lowest BCUT2D eigenvalue weighted by Crippen LogP contribution is -2.52. The summed E-state index contributed by atoms with van der Waals surface area (Å²) in [4.78, 5) is 4.32. The van der Waals surface area contributed by atoms with Gasteiger partial charge in [-0.15, -0.1) is 0 Å². The SMILES string of the molecule is CC1(C)CCCCC1(O)C1c2ccccc2-c2cncn21. The minimum Gasteiger partial charge on any atom is -0.387 e. The average Bonchev–Trinajstić information content (AvgIpc) is 3.02. The zero-order valence-corrected chi connectivity index (χ0v) is 12.7. The van der Waals surface area contributed by atoms with E-state index in [1.54, 1.807) is 0 Å². The van der Waals surface area contributed by atoms with E-state index in [1.807, 2.05) is 12.5 Å². The summed E-state index contributed by atoms with van der Waals surface area (Å²) >= 11 is 0. The minimum atomic E-state index is -0.715. The molecule has 0 bridgehead atoms. The highest BCUT2D eigenvalue weighted by Crippen LogP contribution is 2.55. The van der Waals surface area contributed by atoms with Gasteiger partial charge in [0.2, 0.25) is 0 Å². The lowest BCUT2D eigenvalue weighted by molar-refractivity contribution is -0.121. The zero-order valence-electron chi connectivity index (χ0n) is 12.7. The molecule has 110 valence electrons. The number of aliphatic hydroxyl groups is 1. The molecule has 1 N–H and O–H groups in total. The van der Waals surface area contributed by atoms with Crippen molar-refractivity contribution in [2.75, 3.05) is 0 Å². The Balaban J connectivity index is 1.93. The van der Waals surface area contributed by atoms with E-state index >= 15 is 0 Å². The van der Waals surface area contributed by atoms with Crippen LogP contribution in [0.5, 0.6) is 0 Å². The van der Waals surface area contributed by atoms with E-state index in [2.05, 4.69) is 47.7 Å². The van der Waals surface area contributed by atoms with Gasteiger partial charge in [0.05, 0.1) is 29.9 Å². The van der Waals surface area contributed by atoms with E-state index in [1.165, 1.54) is 17.5 Å². The first kappa shape index (κ1) is 13.1. The van der Waals surface area contributed by atoms with Gasteiger partial charge in [-0.3, -0.25) is 0 Å². The fourth-order valence-electron chi connectivity index (χ4n) is 4.35. The molecule has 21 heavy (non-hydrogen) atoms. The van der Waals surface area contributed by atoms with Crippen molar-refractivity contribution in [2.24, 2.45) is 5.41 Å². The van der Waals surface area contributed by atoms with Gasteiger partial charge in [-0.2, -0.15) is 0 Å². The lowest BCUT2D eigenvalue weighted by atomic mass is 9.61. The highest BCUT2D eigenvalue weighted by atomic mass is 16.3. The molecule has 1 aromatic carbocycles. The quantitative estimate of drug-likeness (QED) is 0.864. The maximum atomic E-state index is 11.7. The lowest BCUT2D eigenvalue weighted by Gasteiger charge is -2.50. The number of imidazole rings is 1. The second-order valence-corrected chi connectivity index (χ2v) is 7.19. The standard InChI is InChI=1S/C18H22N2O/c1-17(2)9-5-6-10-18(17,21)16-14-8-4-3-7-13(14)15-11-19-12-20(15)16/h3-4,7-8,11-12,16,21H,5-6,9-10H2,1-2H3. The first-order chi connectivity index (χ1) is 10.0. The molecular weight excluding hydrogens is 260 g/mol. The molecule has 1 aliphatic heterocycles. The van der Waals surface area contributed by atoms with Crippen LogP contribution in [0.4, 0.5) is 0 Å². The maximum absolute atomic E-state index is 11.7. The Hall–Kier alpha value is -1.61. The Morgan fingerprint density at radius 3 is 2.76 bits per heavy atom. The van der Waals surface area contributed by atoms with Crippen LogP contribution in [0.25, 0.3) is 11.3 Å². The number of hydrogen-bond donors (Lipinski definition) is 1. The van der Waals surface area contributed by atoms with E-state index in [0.717, 1.165) is 25.0 Å². The van der Waals surface area contributed by atoms with Crippen molar-refractivity contribution in [3.63, 3.8) is 0 Å². The molecule has 0 radical (unpaired) electrons. The first-order valence-corrected chi connectivity index (χ1v) is 7.88. The number of hydrogen-bond acceptors (Lipinski definition) is 2. The Morgan fingerprint density at radius 2 is 1.95 bits per heavy atom. The summed E-state index contributed by atoms with van der Waals surface area (Å²) in [5, 5.41) is 11.7. The van der Waals surface area contributed by atoms with Gasteiger partial charge in [0, 0.05) is 5.56 Å². The van der Waals surface area contributed by atoms with Crippen molar-refractivity contribution in [3.8, 4) is 11.3 Å². The largest absolute Gasteiger partial charge is 0.387 e. The predicted molar refractivity (Wildman–Crippen MR) is 83.0 cm³/mol. The van der Waals surface area contributed by atoms with Crippen LogP contribution in [0.1, 0.15) is 51.1 Å². The second kappa shape index (κ2) is 4.20. The van der Waals surface area contributed by atoms with Gasteiger partial charge in [0.1, 0.15) is 0 Å². The number of rotatable bonds is 1. The molecule has 1 saturated carbocycles. The fourth-order valence-corrected chi connectivity index (χ4v) is 4.35. The monoisotopic (exact) mass is 282 g/mol. The van der Waals surface area contributed by atoms with E-state index in [0.29, 0.717) is 0 Å². The van der Waals surface area contributed by atoms with Crippen LogP contribution < -0.4 is 0 Å². The Labute approximate surface area is 125 Å². The van der Waals surface area contributed by atoms with Crippen LogP contribution in [-0.4, -0.2) is 20.3 Å². The molecule has 2 aliphatic rings. The molecule has 0 amide bonds. The molecule has 1 aliphatic carbocycles. The van der Waals surface area contributed by atoms with Crippen molar-refractivity contribution < 1.29 is 5.11 Å². The van der Waals surface area contributed by atoms with E-state index in [4.69, 9.17) is 0 Å². The number of nitrogens with zero attached hydrogens (tertiary/aromatic N) is 2. The summed E-state index contributed by atoms with van der Waals surface area (Å²) in [6.07, 6.45) is 8.03. The summed E-state index contributed by atoms with van der Waals surface area (Å²) in [6, 6.07) is 8.43. The van der Waals surface area contributed by atoms with Crippen LogP contribution in [0.3, 0.4) is 0 Å². The molecule has 3 nitrogen and oxygen atoms in total. The third-order valence-corrected chi connectivity index (χ3v) is 5.71. The van der Waals surface area contributed by atoms with Crippen LogP contribution in [0, 0.1) is 5.41 Å². The van der Waals surface area contributed by atoms with E-state index < -0.39 is 5.60 Å². The minimum absolute atomic E-state index is 0.0125. The first-order valence-electron chi connectivity index (χ1n) is 7.88. The van der Waals surface area contributed by atoms with Gasteiger partial charge in [0.15, 0.2) is 0 Å². The zero-order chi connectivity index (χ0) is 14.7. The Morgan fingerprint density at radius 1 is 1.19 bits per heavy atom. The third kappa shape index (κ3) is 1.61. The molecule has 4 rings (SSSR count). The van der Waals surface area contributed by atoms with Crippen molar-refractivity contribution in [2.45, 2.75) is 51.2 Å². The summed E-state index contributed by atoms with van der Waals surface area (Å²) in [6.45, 7) is 4.42. The molecule has 1 fully saturated rings. The molecule has 2 aromatic rings. The van der Waals surface area contributed by atoms with Gasteiger partial charge < -0.3 is 9.67 Å². The molecule has 0 saturated heterocycles. The van der Waals surface area contributed by atoms with Gasteiger partial charge in [-0.1, -0.05) is 51.0 Å². The van der Waals surface area contributed by atoms with Crippen molar-refractivity contribution in [3.05, 3.63) is 42.4 Å². The number of fused-ring (bicyclic) bond motifs is 3. The third-order valence-electron chi connectivity index (χ3n) is 5.71. The maximum Gasteiger partial charge on any atom is 0.0957 e. The normalized spacial score (nSPS) is 30.0. The van der Waals surface area contributed by atoms with Gasteiger partial charge >= 0.3 is 0 Å². The number of benzene rings is 1. The molecular formula is C18H22N2O. The van der Waals surface area contributed by atoms with E-state index in [9.17, 15) is 5.11 Å². The molecule has 0 spiro atoms. The smallest absolute Gasteiger partial charge is 0.0957 e.